The minimum Gasteiger partial charge on any atom is -0.357 e. The van der Waals surface area contributed by atoms with Crippen molar-refractivity contribution in [3.8, 4) is 0 Å². The van der Waals surface area contributed by atoms with Gasteiger partial charge in [-0.1, -0.05) is 60.7 Å². The lowest BCUT2D eigenvalue weighted by Crippen LogP contribution is -2.50. The van der Waals surface area contributed by atoms with E-state index in [1.54, 1.807) is 37.3 Å². The van der Waals surface area contributed by atoms with Gasteiger partial charge in [0.25, 0.3) is 10.0 Å². The fourth-order valence-electron chi connectivity index (χ4n) is 3.81. The second-order valence-corrected chi connectivity index (χ2v) is 10.2. The summed E-state index contributed by atoms with van der Waals surface area (Å²) in [6.07, 6.45) is 0. The number of nitrogens with zero attached hydrogens (tertiary/aromatic N) is 2. The average molecular weight is 494 g/mol. The smallest absolute Gasteiger partial charge is 0.264 e. The highest BCUT2D eigenvalue weighted by molar-refractivity contribution is 7.92. The van der Waals surface area contributed by atoms with Crippen LogP contribution in [0.3, 0.4) is 0 Å². The van der Waals surface area contributed by atoms with E-state index < -0.39 is 28.5 Å². The van der Waals surface area contributed by atoms with Gasteiger partial charge in [0.15, 0.2) is 0 Å². The van der Waals surface area contributed by atoms with Gasteiger partial charge in [0.2, 0.25) is 11.8 Å². The summed E-state index contributed by atoms with van der Waals surface area (Å²) in [7, 11) is -2.55. The van der Waals surface area contributed by atoms with E-state index in [1.807, 2.05) is 50.2 Å². The van der Waals surface area contributed by atoms with E-state index in [9.17, 15) is 18.0 Å². The van der Waals surface area contributed by atoms with Gasteiger partial charge < -0.3 is 10.2 Å². The molecule has 0 heterocycles. The molecule has 35 heavy (non-hydrogen) atoms. The fourth-order valence-corrected chi connectivity index (χ4v) is 5.30. The third-order valence-corrected chi connectivity index (χ3v) is 7.84. The highest BCUT2D eigenvalue weighted by atomic mass is 32.2. The van der Waals surface area contributed by atoms with Gasteiger partial charge in [-0.05, 0) is 55.7 Å². The maximum absolute atomic E-state index is 13.7. The quantitative estimate of drug-likeness (QED) is 0.493. The van der Waals surface area contributed by atoms with Crippen LogP contribution in [-0.4, -0.2) is 44.8 Å². The van der Waals surface area contributed by atoms with Gasteiger partial charge in [-0.3, -0.25) is 13.9 Å². The lowest BCUT2D eigenvalue weighted by molar-refractivity contribution is -0.139. The summed E-state index contributed by atoms with van der Waals surface area (Å²) in [4.78, 5) is 27.7. The second kappa shape index (κ2) is 11.2. The number of hydrogen-bond donors (Lipinski definition) is 1. The highest BCUT2D eigenvalue weighted by Crippen LogP contribution is 2.29. The molecule has 8 heteroatoms. The van der Waals surface area contributed by atoms with Gasteiger partial charge in [0.05, 0.1) is 10.6 Å². The predicted molar refractivity (Wildman–Crippen MR) is 137 cm³/mol. The van der Waals surface area contributed by atoms with Crippen LogP contribution >= 0.6 is 0 Å². The molecule has 0 spiro atoms. The molecular weight excluding hydrogens is 462 g/mol. The first-order valence-electron chi connectivity index (χ1n) is 11.4. The zero-order valence-electron chi connectivity index (χ0n) is 20.4. The Hall–Kier alpha value is -3.65. The van der Waals surface area contributed by atoms with Crippen molar-refractivity contribution in [2.75, 3.05) is 17.9 Å². The highest BCUT2D eigenvalue weighted by Gasteiger charge is 2.32. The number of amides is 2. The fraction of sp³-hybridized carbons (Fsp3) is 0.259. The van der Waals surface area contributed by atoms with Crippen molar-refractivity contribution in [2.45, 2.75) is 38.3 Å². The van der Waals surface area contributed by atoms with Crippen molar-refractivity contribution in [1.29, 1.82) is 0 Å². The van der Waals surface area contributed by atoms with Crippen molar-refractivity contribution in [1.82, 2.24) is 10.2 Å². The predicted octanol–water partition coefficient (Wildman–Crippen LogP) is 3.66. The molecule has 0 aliphatic heterocycles. The number of anilines is 1. The van der Waals surface area contributed by atoms with Crippen LogP contribution in [0, 0.1) is 13.8 Å². The Bertz CT molecular complexity index is 1280. The summed E-state index contributed by atoms with van der Waals surface area (Å²) in [5.41, 5.74) is 2.92. The lowest BCUT2D eigenvalue weighted by atomic mass is 10.1. The number of likely N-dealkylation sites (N-methyl/N-ethyl adjacent to an activating group) is 1. The molecule has 1 N–H and O–H groups in total. The molecule has 0 saturated heterocycles. The Morgan fingerprint density at radius 2 is 1.49 bits per heavy atom. The number of nitrogens with one attached hydrogen (secondary N) is 1. The monoisotopic (exact) mass is 493 g/mol. The third-order valence-electron chi connectivity index (χ3n) is 6.06. The summed E-state index contributed by atoms with van der Waals surface area (Å²) < 4.78 is 28.6. The van der Waals surface area contributed by atoms with Crippen molar-refractivity contribution in [3.05, 3.63) is 95.6 Å². The molecule has 0 bridgehead atoms. The number of benzene rings is 3. The average Bonchev–Trinajstić information content (AvgIpc) is 2.87. The van der Waals surface area contributed by atoms with Crippen LogP contribution in [0.2, 0.25) is 0 Å². The Kier molecular flexibility index (Phi) is 8.30. The molecule has 0 aromatic heterocycles. The van der Waals surface area contributed by atoms with Gasteiger partial charge in [-0.2, -0.15) is 0 Å². The van der Waals surface area contributed by atoms with Gasteiger partial charge in [0, 0.05) is 13.6 Å². The topological polar surface area (TPSA) is 86.8 Å². The van der Waals surface area contributed by atoms with Crippen LogP contribution in [0.5, 0.6) is 0 Å². The van der Waals surface area contributed by atoms with E-state index in [-0.39, 0.29) is 17.3 Å². The summed E-state index contributed by atoms with van der Waals surface area (Å²) in [5.74, 6) is -0.816. The number of rotatable bonds is 9. The molecule has 0 aliphatic rings. The molecule has 0 radical (unpaired) electrons. The van der Waals surface area contributed by atoms with Crippen molar-refractivity contribution >= 4 is 27.5 Å². The van der Waals surface area contributed by atoms with Crippen molar-refractivity contribution in [2.24, 2.45) is 0 Å². The molecular formula is C27H31N3O4S. The molecule has 0 fully saturated rings. The van der Waals surface area contributed by atoms with E-state index in [0.717, 1.165) is 21.0 Å². The minimum absolute atomic E-state index is 0.0858. The number of aryl methyl sites for hydroxylation is 1. The second-order valence-electron chi connectivity index (χ2n) is 8.34. The minimum atomic E-state index is -4.06. The van der Waals surface area contributed by atoms with Crippen LogP contribution in [0.15, 0.2) is 83.8 Å². The lowest BCUT2D eigenvalue weighted by Gasteiger charge is -2.32. The maximum Gasteiger partial charge on any atom is 0.264 e. The molecule has 7 nitrogen and oxygen atoms in total. The van der Waals surface area contributed by atoms with E-state index in [2.05, 4.69) is 5.32 Å². The molecule has 3 aromatic rings. The standard InChI is InChI=1S/C27H31N3O4S/c1-20-12-11-17-25(21(20)2)30(35(33,34)24-15-9-6-10-16-24)19-26(31)29(22(3)27(32)28-4)18-23-13-7-5-8-14-23/h5-17,22H,18-19H2,1-4H3,(H,28,32)/t22-/m0/s1. The largest absolute Gasteiger partial charge is 0.357 e. The molecule has 3 aromatic carbocycles. The Labute approximate surface area is 207 Å². The van der Waals surface area contributed by atoms with Gasteiger partial charge >= 0.3 is 0 Å². The van der Waals surface area contributed by atoms with Crippen LogP contribution in [0.25, 0.3) is 0 Å². The Balaban J connectivity index is 2.06. The number of hydrogen-bond acceptors (Lipinski definition) is 4. The van der Waals surface area contributed by atoms with Crippen LogP contribution < -0.4 is 9.62 Å². The first-order valence-corrected chi connectivity index (χ1v) is 12.8. The summed E-state index contributed by atoms with van der Waals surface area (Å²) >= 11 is 0. The molecule has 3 rings (SSSR count). The summed E-state index contributed by atoms with van der Waals surface area (Å²) in [6.45, 7) is 5.07. The number of sulfonamides is 1. The number of carbonyl (C=O) groups excluding carboxylic acids is 2. The summed E-state index contributed by atoms with van der Waals surface area (Å²) in [5, 5.41) is 2.58. The maximum atomic E-state index is 13.7. The molecule has 1 atom stereocenters. The van der Waals surface area contributed by atoms with Gasteiger partial charge in [0.1, 0.15) is 12.6 Å². The Morgan fingerprint density at radius 3 is 2.09 bits per heavy atom. The molecule has 184 valence electrons. The first kappa shape index (κ1) is 26.0. The van der Waals surface area contributed by atoms with E-state index >= 15 is 0 Å². The van der Waals surface area contributed by atoms with Gasteiger partial charge in [-0.25, -0.2) is 8.42 Å². The zero-order valence-corrected chi connectivity index (χ0v) is 21.2. The van der Waals surface area contributed by atoms with Crippen LogP contribution in [0.1, 0.15) is 23.6 Å². The Morgan fingerprint density at radius 1 is 0.886 bits per heavy atom. The third kappa shape index (κ3) is 5.89. The molecule has 0 unspecified atom stereocenters. The van der Waals surface area contributed by atoms with E-state index in [1.165, 1.54) is 24.1 Å². The zero-order chi connectivity index (χ0) is 25.6. The van der Waals surface area contributed by atoms with Crippen molar-refractivity contribution in [3.63, 3.8) is 0 Å². The number of carbonyl (C=O) groups is 2. The van der Waals surface area contributed by atoms with Crippen LogP contribution in [0.4, 0.5) is 5.69 Å². The first-order chi connectivity index (χ1) is 16.7. The summed E-state index contributed by atoms with van der Waals surface area (Å²) in [6, 6.07) is 21.9. The molecule has 0 saturated carbocycles. The van der Waals surface area contributed by atoms with Gasteiger partial charge in [-0.15, -0.1) is 0 Å². The SMILES string of the molecule is CNC(=O)[C@H](C)N(Cc1ccccc1)C(=O)CN(c1cccc(C)c1C)S(=O)(=O)c1ccccc1. The van der Waals surface area contributed by atoms with E-state index in [0.29, 0.717) is 5.69 Å². The normalized spacial score (nSPS) is 12.0. The van der Waals surface area contributed by atoms with Crippen LogP contribution in [-0.2, 0) is 26.2 Å². The molecule has 2 amide bonds. The van der Waals surface area contributed by atoms with Crippen molar-refractivity contribution < 1.29 is 18.0 Å². The molecule has 0 aliphatic carbocycles. The van der Waals surface area contributed by atoms with E-state index in [4.69, 9.17) is 0 Å².